The number of benzene rings is 2. The van der Waals surface area contributed by atoms with Crippen LogP contribution in [0.2, 0.25) is 0 Å². The van der Waals surface area contributed by atoms with Crippen molar-refractivity contribution < 1.29 is 14.3 Å². The maximum absolute atomic E-state index is 14.1. The van der Waals surface area contributed by atoms with Crippen molar-refractivity contribution >= 4 is 16.7 Å². The summed E-state index contributed by atoms with van der Waals surface area (Å²) in [5.41, 5.74) is 2.33. The van der Waals surface area contributed by atoms with Gasteiger partial charge in [-0.25, -0.2) is 4.39 Å². The molecule has 0 aliphatic heterocycles. The van der Waals surface area contributed by atoms with Crippen LogP contribution in [0.25, 0.3) is 10.9 Å². The highest BCUT2D eigenvalue weighted by molar-refractivity contribution is 6.17. The van der Waals surface area contributed by atoms with Crippen molar-refractivity contribution in [3.05, 3.63) is 71.2 Å². The minimum absolute atomic E-state index is 0.0436. The van der Waals surface area contributed by atoms with E-state index in [0.717, 1.165) is 16.6 Å². The van der Waals surface area contributed by atoms with Gasteiger partial charge in [0, 0.05) is 29.2 Å². The molecular formula is C20H20FNO2. The summed E-state index contributed by atoms with van der Waals surface area (Å²) in [7, 11) is 0. The Morgan fingerprint density at radius 3 is 2.54 bits per heavy atom. The predicted octanol–water partition coefficient (Wildman–Crippen LogP) is 4.26. The maximum Gasteiger partial charge on any atom is 0.198 e. The van der Waals surface area contributed by atoms with Gasteiger partial charge in [-0.1, -0.05) is 30.3 Å². The fraction of sp³-hybridized carbons (Fsp3) is 0.250. The predicted molar refractivity (Wildman–Crippen MR) is 92.9 cm³/mol. The van der Waals surface area contributed by atoms with Crippen molar-refractivity contribution in [2.45, 2.75) is 26.3 Å². The second-order valence-electron chi connectivity index (χ2n) is 6.02. The lowest BCUT2D eigenvalue weighted by Gasteiger charge is -2.16. The molecule has 3 aromatic rings. The minimum Gasteiger partial charge on any atom is -0.396 e. The van der Waals surface area contributed by atoms with E-state index in [-0.39, 0.29) is 24.0 Å². The molecule has 1 unspecified atom stereocenters. The number of carbonyl (C=O) groups is 1. The zero-order chi connectivity index (χ0) is 17.3. The molecule has 0 saturated heterocycles. The van der Waals surface area contributed by atoms with Crippen LogP contribution in [0.1, 0.15) is 41.0 Å². The molecule has 124 valence electrons. The largest absolute Gasteiger partial charge is 0.396 e. The number of carbonyl (C=O) groups excluding carboxylic acids is 1. The molecular weight excluding hydrogens is 305 g/mol. The Morgan fingerprint density at radius 1 is 1.17 bits per heavy atom. The van der Waals surface area contributed by atoms with E-state index in [9.17, 15) is 14.3 Å². The Labute approximate surface area is 140 Å². The highest BCUT2D eigenvalue weighted by Crippen LogP contribution is 2.32. The number of para-hydroxylation sites is 1. The number of aromatic nitrogens is 1. The molecule has 0 aliphatic rings. The molecule has 0 radical (unpaired) electrons. The monoisotopic (exact) mass is 325 g/mol. The maximum atomic E-state index is 14.1. The van der Waals surface area contributed by atoms with Crippen LogP contribution in [0.15, 0.2) is 48.5 Å². The van der Waals surface area contributed by atoms with Gasteiger partial charge in [0.1, 0.15) is 5.82 Å². The fourth-order valence-corrected chi connectivity index (χ4v) is 3.34. The van der Waals surface area contributed by atoms with E-state index in [0.29, 0.717) is 12.0 Å². The molecule has 24 heavy (non-hydrogen) atoms. The van der Waals surface area contributed by atoms with Crippen molar-refractivity contribution in [1.82, 2.24) is 4.57 Å². The Hall–Kier alpha value is -2.46. The number of rotatable bonds is 5. The van der Waals surface area contributed by atoms with Crippen LogP contribution in [0.3, 0.4) is 0 Å². The van der Waals surface area contributed by atoms with Gasteiger partial charge < -0.3 is 9.67 Å². The van der Waals surface area contributed by atoms with Crippen LogP contribution in [0.4, 0.5) is 4.39 Å². The Balaban J connectivity index is 2.24. The molecule has 1 aromatic heterocycles. The fourth-order valence-electron chi connectivity index (χ4n) is 3.34. The summed E-state index contributed by atoms with van der Waals surface area (Å²) in [6, 6.07) is 13.7. The van der Waals surface area contributed by atoms with Crippen LogP contribution < -0.4 is 0 Å². The number of aliphatic hydroxyl groups is 1. The molecule has 0 fully saturated rings. The second-order valence-corrected chi connectivity index (χ2v) is 6.02. The summed E-state index contributed by atoms with van der Waals surface area (Å²) in [4.78, 5) is 13.0. The first-order chi connectivity index (χ1) is 11.6. The quantitative estimate of drug-likeness (QED) is 0.712. The highest BCUT2D eigenvalue weighted by atomic mass is 19.1. The summed E-state index contributed by atoms with van der Waals surface area (Å²) in [6.45, 7) is 3.96. The van der Waals surface area contributed by atoms with E-state index in [1.807, 2.05) is 38.1 Å². The Kier molecular flexibility index (Phi) is 4.49. The van der Waals surface area contributed by atoms with Gasteiger partial charge in [-0.15, -0.1) is 0 Å². The molecule has 0 saturated carbocycles. The lowest BCUT2D eigenvalue weighted by atomic mass is 10.00. The van der Waals surface area contributed by atoms with Gasteiger partial charge in [0.25, 0.3) is 0 Å². The minimum atomic E-state index is -0.512. The van der Waals surface area contributed by atoms with E-state index in [4.69, 9.17) is 0 Å². The molecule has 4 heteroatoms. The van der Waals surface area contributed by atoms with Crippen molar-refractivity contribution in [2.24, 2.45) is 0 Å². The molecule has 0 spiro atoms. The number of nitrogens with zero attached hydrogens (tertiary/aromatic N) is 1. The SMILES string of the molecule is Cc1c(C(=O)c2ccccc2F)c2ccccc2n1C(C)CCO. The van der Waals surface area contributed by atoms with E-state index in [1.165, 1.54) is 12.1 Å². The number of hydrogen-bond donors (Lipinski definition) is 1. The van der Waals surface area contributed by atoms with Crippen LogP contribution in [0, 0.1) is 12.7 Å². The first-order valence-electron chi connectivity index (χ1n) is 8.06. The molecule has 3 nitrogen and oxygen atoms in total. The van der Waals surface area contributed by atoms with Gasteiger partial charge in [0.05, 0.1) is 11.1 Å². The lowest BCUT2D eigenvalue weighted by molar-refractivity contribution is 0.103. The molecule has 0 aliphatic carbocycles. The van der Waals surface area contributed by atoms with Crippen LogP contribution in [-0.4, -0.2) is 22.1 Å². The third-order valence-corrected chi connectivity index (χ3v) is 4.49. The lowest BCUT2D eigenvalue weighted by Crippen LogP contribution is -2.11. The van der Waals surface area contributed by atoms with Gasteiger partial charge in [0.2, 0.25) is 0 Å². The van der Waals surface area contributed by atoms with Gasteiger partial charge in [-0.05, 0) is 38.5 Å². The van der Waals surface area contributed by atoms with Crippen molar-refractivity contribution in [3.63, 3.8) is 0 Å². The smallest absolute Gasteiger partial charge is 0.198 e. The van der Waals surface area contributed by atoms with Gasteiger partial charge in [0.15, 0.2) is 5.78 Å². The van der Waals surface area contributed by atoms with Gasteiger partial charge >= 0.3 is 0 Å². The van der Waals surface area contributed by atoms with Crippen molar-refractivity contribution in [3.8, 4) is 0 Å². The molecule has 1 heterocycles. The van der Waals surface area contributed by atoms with E-state index >= 15 is 0 Å². The third-order valence-electron chi connectivity index (χ3n) is 4.49. The van der Waals surface area contributed by atoms with Crippen LogP contribution >= 0.6 is 0 Å². The summed E-state index contributed by atoms with van der Waals surface area (Å²) in [5, 5.41) is 10.1. The van der Waals surface area contributed by atoms with E-state index in [1.54, 1.807) is 12.1 Å². The summed E-state index contributed by atoms with van der Waals surface area (Å²) >= 11 is 0. The Morgan fingerprint density at radius 2 is 1.83 bits per heavy atom. The third kappa shape index (κ3) is 2.63. The number of fused-ring (bicyclic) bond motifs is 1. The average Bonchev–Trinajstić information content (AvgIpc) is 2.87. The standard InChI is InChI=1S/C20H20FNO2/c1-13(11-12-23)22-14(2)19(16-8-4-6-10-18(16)22)20(24)15-7-3-5-9-17(15)21/h3-10,13,23H,11-12H2,1-2H3. The summed E-state index contributed by atoms with van der Waals surface area (Å²) in [6.07, 6.45) is 0.590. The van der Waals surface area contributed by atoms with Gasteiger partial charge in [-0.2, -0.15) is 0 Å². The van der Waals surface area contributed by atoms with Crippen LogP contribution in [-0.2, 0) is 0 Å². The van der Waals surface area contributed by atoms with Crippen LogP contribution in [0.5, 0.6) is 0 Å². The molecule has 0 bridgehead atoms. The normalized spacial score (nSPS) is 12.5. The average molecular weight is 325 g/mol. The zero-order valence-corrected chi connectivity index (χ0v) is 13.8. The summed E-state index contributed by atoms with van der Waals surface area (Å²) in [5.74, 6) is -0.820. The second kappa shape index (κ2) is 6.57. The number of ketones is 1. The first-order valence-corrected chi connectivity index (χ1v) is 8.06. The van der Waals surface area contributed by atoms with Gasteiger partial charge in [-0.3, -0.25) is 4.79 Å². The number of hydrogen-bond acceptors (Lipinski definition) is 2. The molecule has 3 rings (SSSR count). The topological polar surface area (TPSA) is 42.2 Å². The van der Waals surface area contributed by atoms with E-state index < -0.39 is 5.82 Å². The molecule has 1 atom stereocenters. The highest BCUT2D eigenvalue weighted by Gasteiger charge is 2.24. The van der Waals surface area contributed by atoms with Crippen molar-refractivity contribution in [2.75, 3.05) is 6.61 Å². The Bertz CT molecular complexity index is 898. The zero-order valence-electron chi connectivity index (χ0n) is 13.8. The molecule has 2 aromatic carbocycles. The number of halogens is 1. The number of aliphatic hydroxyl groups excluding tert-OH is 1. The van der Waals surface area contributed by atoms with E-state index in [2.05, 4.69) is 4.57 Å². The first kappa shape index (κ1) is 16.4. The van der Waals surface area contributed by atoms with Crippen molar-refractivity contribution in [1.29, 1.82) is 0 Å². The molecule has 1 N–H and O–H groups in total. The molecule has 0 amide bonds. The summed E-state index contributed by atoms with van der Waals surface area (Å²) < 4.78 is 16.1.